The van der Waals surface area contributed by atoms with Crippen LogP contribution < -0.4 is 0 Å². The summed E-state index contributed by atoms with van der Waals surface area (Å²) in [4.78, 5) is 4.69. The molecule has 0 spiro atoms. The summed E-state index contributed by atoms with van der Waals surface area (Å²) in [6, 6.07) is 4.76. The van der Waals surface area contributed by atoms with E-state index in [0.717, 1.165) is 32.7 Å². The molecule has 4 rings (SSSR count). The van der Waals surface area contributed by atoms with Crippen LogP contribution in [0.3, 0.4) is 0 Å². The van der Waals surface area contributed by atoms with Gasteiger partial charge in [0, 0.05) is 50.2 Å². The lowest BCUT2D eigenvalue weighted by atomic mass is 9.96. The van der Waals surface area contributed by atoms with Gasteiger partial charge in [-0.3, -0.25) is 9.80 Å². The van der Waals surface area contributed by atoms with Crippen LogP contribution in [0.25, 0.3) is 0 Å². The second kappa shape index (κ2) is 5.37. The number of fused-ring (bicyclic) bond motifs is 3. The maximum Gasteiger partial charge on any atom is 0.127 e. The normalized spacial score (nSPS) is 31.4. The quantitative estimate of drug-likeness (QED) is 0.909. The van der Waals surface area contributed by atoms with E-state index < -0.39 is 6.10 Å². The first-order valence-corrected chi connectivity index (χ1v) is 7.09. The molecule has 5 heteroatoms. The number of halogens is 2. The number of nitrogens with zero attached hydrogens (tertiary/aromatic N) is 2. The molecule has 2 bridgehead atoms. The van der Waals surface area contributed by atoms with Crippen molar-refractivity contribution in [2.75, 3.05) is 32.7 Å². The fourth-order valence-electron chi connectivity index (χ4n) is 3.07. The van der Waals surface area contributed by atoms with Gasteiger partial charge in [0.25, 0.3) is 0 Å². The topological polar surface area (TPSA) is 26.7 Å². The molecule has 104 valence electrons. The summed E-state index contributed by atoms with van der Waals surface area (Å²) in [5, 5.41) is 10.8. The summed E-state index contributed by atoms with van der Waals surface area (Å²) < 4.78 is 13.7. The van der Waals surface area contributed by atoms with Crippen molar-refractivity contribution in [2.24, 2.45) is 0 Å². The smallest absolute Gasteiger partial charge is 0.127 e. The van der Waals surface area contributed by atoms with Crippen LogP contribution >= 0.6 is 11.6 Å². The molecule has 19 heavy (non-hydrogen) atoms. The molecule has 3 fully saturated rings. The van der Waals surface area contributed by atoms with Gasteiger partial charge >= 0.3 is 0 Å². The molecule has 0 aliphatic carbocycles. The minimum atomic E-state index is -0.529. The van der Waals surface area contributed by atoms with Crippen LogP contribution in [0.5, 0.6) is 0 Å². The van der Waals surface area contributed by atoms with E-state index in [4.69, 9.17) is 11.6 Å². The number of rotatable bonds is 3. The molecule has 2 atom stereocenters. The van der Waals surface area contributed by atoms with Crippen LogP contribution in [-0.2, 0) is 6.42 Å². The third kappa shape index (κ3) is 2.77. The van der Waals surface area contributed by atoms with Gasteiger partial charge in [-0.2, -0.15) is 0 Å². The minimum absolute atomic E-state index is 0.123. The number of hydrogen-bond acceptors (Lipinski definition) is 3. The van der Waals surface area contributed by atoms with Crippen molar-refractivity contribution in [2.45, 2.75) is 18.6 Å². The summed E-state index contributed by atoms with van der Waals surface area (Å²) >= 11 is 5.74. The van der Waals surface area contributed by atoms with E-state index >= 15 is 0 Å². The van der Waals surface area contributed by atoms with E-state index in [9.17, 15) is 9.50 Å². The molecule has 3 nitrogen and oxygen atoms in total. The third-order valence-corrected chi connectivity index (χ3v) is 4.44. The molecule has 1 aromatic rings. The van der Waals surface area contributed by atoms with Crippen LogP contribution in [0.2, 0.25) is 5.02 Å². The molecule has 0 amide bonds. The Kier molecular flexibility index (Phi) is 3.76. The van der Waals surface area contributed by atoms with Gasteiger partial charge in [-0.15, -0.1) is 0 Å². The number of benzene rings is 1. The fraction of sp³-hybridized carbons (Fsp3) is 0.571. The van der Waals surface area contributed by atoms with Crippen LogP contribution in [0, 0.1) is 5.82 Å². The summed E-state index contributed by atoms with van der Waals surface area (Å²) in [5.41, 5.74) is 0.537. The molecule has 1 N–H and O–H groups in total. The lowest BCUT2D eigenvalue weighted by Gasteiger charge is -2.49. The molecule has 3 aliphatic heterocycles. The second-order valence-electron chi connectivity index (χ2n) is 5.41. The van der Waals surface area contributed by atoms with Crippen LogP contribution in [0.1, 0.15) is 5.56 Å². The van der Waals surface area contributed by atoms with E-state index in [1.165, 1.54) is 6.07 Å². The first kappa shape index (κ1) is 13.3. The molecule has 0 aromatic heterocycles. The van der Waals surface area contributed by atoms with E-state index in [1.807, 2.05) is 0 Å². The lowest BCUT2D eigenvalue weighted by molar-refractivity contribution is -0.0455. The van der Waals surface area contributed by atoms with Crippen molar-refractivity contribution in [3.8, 4) is 0 Å². The lowest BCUT2D eigenvalue weighted by Crippen LogP contribution is -2.64. The Morgan fingerprint density at radius 1 is 1.32 bits per heavy atom. The Bertz CT molecular complexity index is 463. The molecule has 3 saturated heterocycles. The molecular formula is C14H18ClFN2O. The predicted molar refractivity (Wildman–Crippen MR) is 72.9 cm³/mol. The van der Waals surface area contributed by atoms with Crippen LogP contribution in [0.15, 0.2) is 18.2 Å². The average Bonchev–Trinajstić information content (AvgIpc) is 2.43. The minimum Gasteiger partial charge on any atom is -0.391 e. The van der Waals surface area contributed by atoms with E-state index in [2.05, 4.69) is 9.80 Å². The molecule has 0 radical (unpaired) electrons. The molecule has 2 unspecified atom stereocenters. The van der Waals surface area contributed by atoms with Crippen molar-refractivity contribution in [3.63, 3.8) is 0 Å². The van der Waals surface area contributed by atoms with Gasteiger partial charge in [0.2, 0.25) is 0 Å². The van der Waals surface area contributed by atoms with Gasteiger partial charge in [0.1, 0.15) is 5.82 Å². The number of piperazine rings is 3. The zero-order valence-electron chi connectivity index (χ0n) is 10.7. The van der Waals surface area contributed by atoms with Crippen molar-refractivity contribution in [1.29, 1.82) is 0 Å². The van der Waals surface area contributed by atoms with E-state index in [0.29, 0.717) is 17.0 Å². The zero-order valence-corrected chi connectivity index (χ0v) is 11.5. The summed E-state index contributed by atoms with van der Waals surface area (Å²) in [6.45, 7) is 5.06. The molecule has 0 saturated carbocycles. The molecule has 3 heterocycles. The van der Waals surface area contributed by atoms with Gasteiger partial charge in [-0.05, 0) is 17.7 Å². The van der Waals surface area contributed by atoms with Crippen molar-refractivity contribution in [1.82, 2.24) is 9.80 Å². The SMILES string of the molecule is OC(Cc1ccc(Cl)cc1F)C1CN2CCN1CC2. The largest absolute Gasteiger partial charge is 0.391 e. The molecular weight excluding hydrogens is 267 g/mol. The Hall–Kier alpha value is -0.680. The van der Waals surface area contributed by atoms with E-state index in [1.54, 1.807) is 12.1 Å². The number of aliphatic hydroxyl groups is 1. The van der Waals surface area contributed by atoms with Crippen molar-refractivity contribution in [3.05, 3.63) is 34.6 Å². The maximum absolute atomic E-state index is 13.7. The zero-order chi connectivity index (χ0) is 13.4. The second-order valence-corrected chi connectivity index (χ2v) is 5.85. The first-order valence-electron chi connectivity index (χ1n) is 6.72. The average molecular weight is 285 g/mol. The van der Waals surface area contributed by atoms with Gasteiger partial charge in [0.15, 0.2) is 0 Å². The third-order valence-electron chi connectivity index (χ3n) is 4.21. The van der Waals surface area contributed by atoms with Gasteiger partial charge < -0.3 is 5.11 Å². The Morgan fingerprint density at radius 2 is 2.05 bits per heavy atom. The summed E-state index contributed by atoms with van der Waals surface area (Å²) in [5.74, 6) is -0.331. The highest BCUT2D eigenvalue weighted by Crippen LogP contribution is 2.22. The van der Waals surface area contributed by atoms with Crippen LogP contribution in [-0.4, -0.2) is 59.8 Å². The maximum atomic E-state index is 13.7. The van der Waals surface area contributed by atoms with Gasteiger partial charge in [0.05, 0.1) is 6.10 Å². The standard InChI is InChI=1S/C14H18ClFN2O/c15-11-2-1-10(12(16)8-11)7-14(19)13-9-17-3-5-18(13)6-4-17/h1-2,8,13-14,19H,3-7,9H2. The number of aliphatic hydroxyl groups excluding tert-OH is 1. The Labute approximate surface area is 117 Å². The highest BCUT2D eigenvalue weighted by molar-refractivity contribution is 6.30. The first-order chi connectivity index (χ1) is 9.13. The predicted octanol–water partition coefficient (Wildman–Crippen LogP) is 1.38. The monoisotopic (exact) mass is 284 g/mol. The fourth-order valence-corrected chi connectivity index (χ4v) is 3.23. The van der Waals surface area contributed by atoms with Crippen molar-refractivity contribution >= 4 is 11.6 Å². The number of hydrogen-bond donors (Lipinski definition) is 1. The van der Waals surface area contributed by atoms with Gasteiger partial charge in [-0.1, -0.05) is 17.7 Å². The van der Waals surface area contributed by atoms with Crippen LogP contribution in [0.4, 0.5) is 4.39 Å². The van der Waals surface area contributed by atoms with Crippen molar-refractivity contribution < 1.29 is 9.50 Å². The van der Waals surface area contributed by atoms with E-state index in [-0.39, 0.29) is 11.9 Å². The Balaban J connectivity index is 1.69. The highest BCUT2D eigenvalue weighted by Gasteiger charge is 2.36. The molecule has 3 aliphatic rings. The Morgan fingerprint density at radius 3 is 2.63 bits per heavy atom. The van der Waals surface area contributed by atoms with Gasteiger partial charge in [-0.25, -0.2) is 4.39 Å². The summed E-state index contributed by atoms with van der Waals surface area (Å²) in [7, 11) is 0. The summed E-state index contributed by atoms with van der Waals surface area (Å²) in [6.07, 6.45) is -0.184. The molecule has 1 aromatic carbocycles. The highest BCUT2D eigenvalue weighted by atomic mass is 35.5.